The van der Waals surface area contributed by atoms with Crippen LogP contribution >= 0.6 is 22.9 Å². The van der Waals surface area contributed by atoms with Gasteiger partial charge in [-0.3, -0.25) is 4.98 Å². The molecule has 0 saturated heterocycles. The Labute approximate surface area is 178 Å². The Morgan fingerprint density at radius 3 is 2.59 bits per heavy atom. The van der Waals surface area contributed by atoms with Crippen molar-refractivity contribution in [3.05, 3.63) is 92.7 Å². The van der Waals surface area contributed by atoms with Crippen molar-refractivity contribution < 1.29 is 0 Å². The van der Waals surface area contributed by atoms with Gasteiger partial charge in [0.15, 0.2) is 0 Å². The third-order valence-corrected chi connectivity index (χ3v) is 5.77. The molecular weight excluding hydrogens is 402 g/mol. The average molecular weight is 422 g/mol. The third-order valence-electron chi connectivity index (χ3n) is 4.59. The smallest absolute Gasteiger partial charge is 0.211 e. The standard InChI is InChI=1S/C22H20ClN5S/c1-15-11-18(17(3)27(15)21-8-6-19(23)7-9-21)12-25-28-16(2)14-29-22(28)26-20-5-4-10-24-13-20/h4-14H,1-3H3. The van der Waals surface area contributed by atoms with Gasteiger partial charge in [-0.2, -0.15) is 5.10 Å². The molecule has 5 nitrogen and oxygen atoms in total. The Hall–Kier alpha value is -2.96. The number of nitrogens with zero attached hydrogens (tertiary/aromatic N) is 5. The second-order valence-electron chi connectivity index (χ2n) is 6.68. The quantitative estimate of drug-likeness (QED) is 0.405. The van der Waals surface area contributed by atoms with E-state index in [2.05, 4.69) is 34.5 Å². The fraction of sp³-hybridized carbons (Fsp3) is 0.136. The van der Waals surface area contributed by atoms with E-state index in [4.69, 9.17) is 16.7 Å². The van der Waals surface area contributed by atoms with E-state index in [0.717, 1.165) is 43.8 Å². The van der Waals surface area contributed by atoms with E-state index >= 15 is 0 Å². The highest BCUT2D eigenvalue weighted by molar-refractivity contribution is 7.07. The zero-order valence-corrected chi connectivity index (χ0v) is 17.9. The summed E-state index contributed by atoms with van der Waals surface area (Å²) in [5.41, 5.74) is 6.23. The molecule has 0 fully saturated rings. The van der Waals surface area contributed by atoms with Gasteiger partial charge < -0.3 is 4.57 Å². The van der Waals surface area contributed by atoms with Gasteiger partial charge in [-0.15, -0.1) is 11.3 Å². The first-order valence-corrected chi connectivity index (χ1v) is 10.4. The van der Waals surface area contributed by atoms with Crippen molar-refractivity contribution in [2.24, 2.45) is 10.1 Å². The number of rotatable bonds is 4. The number of aryl methyl sites for hydroxylation is 2. The minimum Gasteiger partial charge on any atom is -0.318 e. The summed E-state index contributed by atoms with van der Waals surface area (Å²) >= 11 is 7.59. The maximum Gasteiger partial charge on any atom is 0.211 e. The van der Waals surface area contributed by atoms with Crippen molar-refractivity contribution in [3.63, 3.8) is 0 Å². The molecule has 0 aliphatic carbocycles. The molecule has 0 saturated carbocycles. The van der Waals surface area contributed by atoms with Crippen molar-refractivity contribution >= 4 is 34.8 Å². The molecule has 29 heavy (non-hydrogen) atoms. The molecule has 4 rings (SSSR count). The molecule has 0 spiro atoms. The lowest BCUT2D eigenvalue weighted by atomic mass is 10.2. The van der Waals surface area contributed by atoms with E-state index in [9.17, 15) is 0 Å². The van der Waals surface area contributed by atoms with Gasteiger partial charge in [0, 0.05) is 39.2 Å². The highest BCUT2D eigenvalue weighted by atomic mass is 35.5. The fourth-order valence-electron chi connectivity index (χ4n) is 3.16. The molecule has 3 heterocycles. The van der Waals surface area contributed by atoms with Crippen LogP contribution in [0.3, 0.4) is 0 Å². The van der Waals surface area contributed by atoms with Crippen LogP contribution in [0.15, 0.2) is 70.3 Å². The molecule has 7 heteroatoms. The lowest BCUT2D eigenvalue weighted by Crippen LogP contribution is -2.11. The monoisotopic (exact) mass is 421 g/mol. The van der Waals surface area contributed by atoms with Crippen LogP contribution < -0.4 is 4.80 Å². The van der Waals surface area contributed by atoms with Crippen LogP contribution in [0, 0.1) is 20.8 Å². The predicted octanol–water partition coefficient (Wildman–Crippen LogP) is 5.43. The molecule has 0 atom stereocenters. The summed E-state index contributed by atoms with van der Waals surface area (Å²) in [5.74, 6) is 0. The van der Waals surface area contributed by atoms with E-state index in [-0.39, 0.29) is 0 Å². The van der Waals surface area contributed by atoms with E-state index in [1.54, 1.807) is 23.7 Å². The Morgan fingerprint density at radius 1 is 1.07 bits per heavy atom. The number of thiazole rings is 1. The number of benzene rings is 1. The highest BCUT2D eigenvalue weighted by Crippen LogP contribution is 2.21. The zero-order valence-electron chi connectivity index (χ0n) is 16.4. The van der Waals surface area contributed by atoms with E-state index in [0.29, 0.717) is 0 Å². The molecule has 0 aliphatic heterocycles. The van der Waals surface area contributed by atoms with Crippen molar-refractivity contribution in [1.82, 2.24) is 14.2 Å². The fourth-order valence-corrected chi connectivity index (χ4v) is 4.11. The minimum absolute atomic E-state index is 0.729. The second-order valence-corrected chi connectivity index (χ2v) is 7.95. The number of halogens is 1. The van der Waals surface area contributed by atoms with Crippen molar-refractivity contribution in [2.75, 3.05) is 0 Å². The van der Waals surface area contributed by atoms with Crippen LogP contribution in [0.4, 0.5) is 5.69 Å². The zero-order chi connectivity index (χ0) is 20.4. The lowest BCUT2D eigenvalue weighted by molar-refractivity contribution is 0.809. The highest BCUT2D eigenvalue weighted by Gasteiger charge is 2.10. The minimum atomic E-state index is 0.729. The van der Waals surface area contributed by atoms with Crippen LogP contribution in [0.2, 0.25) is 5.02 Å². The number of aromatic nitrogens is 3. The lowest BCUT2D eigenvalue weighted by Gasteiger charge is -2.09. The molecule has 0 aliphatic rings. The van der Waals surface area contributed by atoms with Crippen LogP contribution in [0.25, 0.3) is 5.69 Å². The van der Waals surface area contributed by atoms with Gasteiger partial charge in [-0.05, 0) is 63.2 Å². The van der Waals surface area contributed by atoms with Gasteiger partial charge in [0.2, 0.25) is 4.80 Å². The molecule has 0 N–H and O–H groups in total. The van der Waals surface area contributed by atoms with Gasteiger partial charge in [0.25, 0.3) is 0 Å². The van der Waals surface area contributed by atoms with Crippen molar-refractivity contribution in [2.45, 2.75) is 20.8 Å². The summed E-state index contributed by atoms with van der Waals surface area (Å²) < 4.78 is 4.05. The summed E-state index contributed by atoms with van der Waals surface area (Å²) in [6.45, 7) is 6.20. The molecular formula is C22H20ClN5S. The van der Waals surface area contributed by atoms with Crippen LogP contribution in [-0.2, 0) is 0 Å². The van der Waals surface area contributed by atoms with E-state index < -0.39 is 0 Å². The topological polar surface area (TPSA) is 47.5 Å². The Kier molecular flexibility index (Phi) is 5.47. The molecule has 0 unspecified atom stereocenters. The maximum atomic E-state index is 6.03. The van der Waals surface area contributed by atoms with Crippen LogP contribution in [0.1, 0.15) is 22.6 Å². The van der Waals surface area contributed by atoms with Gasteiger partial charge in [-0.1, -0.05) is 11.6 Å². The molecule has 0 bridgehead atoms. The molecule has 0 amide bonds. The third kappa shape index (κ3) is 4.09. The summed E-state index contributed by atoms with van der Waals surface area (Å²) in [6, 6.07) is 13.8. The Balaban J connectivity index is 1.71. The number of hydrogen-bond acceptors (Lipinski definition) is 4. The summed E-state index contributed by atoms with van der Waals surface area (Å²) in [6.07, 6.45) is 5.36. The molecule has 4 aromatic rings. The second kappa shape index (κ2) is 8.19. The van der Waals surface area contributed by atoms with Crippen molar-refractivity contribution in [1.29, 1.82) is 0 Å². The van der Waals surface area contributed by atoms with Gasteiger partial charge in [0.1, 0.15) is 0 Å². The largest absolute Gasteiger partial charge is 0.318 e. The van der Waals surface area contributed by atoms with Gasteiger partial charge in [-0.25, -0.2) is 9.67 Å². The number of hydrogen-bond donors (Lipinski definition) is 0. The Morgan fingerprint density at radius 2 is 1.86 bits per heavy atom. The SMILES string of the molecule is Cc1cc(C=Nn2c(C)csc2=Nc2cccnc2)c(C)n1-c1ccc(Cl)cc1. The molecule has 0 radical (unpaired) electrons. The summed E-state index contributed by atoms with van der Waals surface area (Å²) in [5, 5.41) is 7.48. The first-order valence-electron chi connectivity index (χ1n) is 9.14. The molecule has 146 valence electrons. The summed E-state index contributed by atoms with van der Waals surface area (Å²) in [4.78, 5) is 9.59. The van der Waals surface area contributed by atoms with E-state index in [1.165, 1.54) is 0 Å². The van der Waals surface area contributed by atoms with E-state index in [1.807, 2.05) is 59.6 Å². The summed E-state index contributed by atoms with van der Waals surface area (Å²) in [7, 11) is 0. The number of pyridine rings is 1. The first-order chi connectivity index (χ1) is 14.0. The van der Waals surface area contributed by atoms with Crippen molar-refractivity contribution in [3.8, 4) is 5.69 Å². The maximum absolute atomic E-state index is 6.03. The molecule has 1 aromatic carbocycles. The Bertz CT molecular complexity index is 1230. The molecule has 3 aromatic heterocycles. The first kappa shape index (κ1) is 19.4. The average Bonchev–Trinajstić information content (AvgIpc) is 3.20. The van der Waals surface area contributed by atoms with Gasteiger partial charge in [0.05, 0.1) is 23.8 Å². The van der Waals surface area contributed by atoms with Crippen LogP contribution in [0.5, 0.6) is 0 Å². The predicted molar refractivity (Wildman–Crippen MR) is 120 cm³/mol. The van der Waals surface area contributed by atoms with Crippen LogP contribution in [-0.4, -0.2) is 20.4 Å². The van der Waals surface area contributed by atoms with Gasteiger partial charge >= 0.3 is 0 Å². The normalized spacial score (nSPS) is 12.2.